The first kappa shape index (κ1) is 20.1. The third kappa shape index (κ3) is 3.93. The monoisotopic (exact) mass is 412 g/mol. The van der Waals surface area contributed by atoms with Gasteiger partial charge in [0.25, 0.3) is 0 Å². The van der Waals surface area contributed by atoms with Crippen molar-refractivity contribution in [2.24, 2.45) is 5.73 Å². The lowest BCUT2D eigenvalue weighted by molar-refractivity contribution is 0.292. The van der Waals surface area contributed by atoms with Crippen molar-refractivity contribution in [2.45, 2.75) is 25.8 Å². The summed E-state index contributed by atoms with van der Waals surface area (Å²) in [6, 6.07) is 4.34. The lowest BCUT2D eigenvalue weighted by Gasteiger charge is -2.36. The molecule has 30 heavy (non-hydrogen) atoms. The van der Waals surface area contributed by atoms with E-state index in [0.717, 1.165) is 11.3 Å². The lowest BCUT2D eigenvalue weighted by Crippen LogP contribution is -2.35. The summed E-state index contributed by atoms with van der Waals surface area (Å²) in [5.41, 5.74) is 7.82. The van der Waals surface area contributed by atoms with Crippen LogP contribution < -0.4 is 15.4 Å². The van der Waals surface area contributed by atoms with Crippen molar-refractivity contribution >= 4 is 5.69 Å². The Morgan fingerprint density at radius 2 is 1.97 bits per heavy atom. The lowest BCUT2D eigenvalue weighted by atomic mass is 9.98. The van der Waals surface area contributed by atoms with Gasteiger partial charge in [0.15, 0.2) is 23.2 Å². The fourth-order valence-corrected chi connectivity index (χ4v) is 3.53. The van der Waals surface area contributed by atoms with Crippen LogP contribution >= 0.6 is 0 Å². The summed E-state index contributed by atoms with van der Waals surface area (Å²) in [4.78, 5) is 19.4. The van der Waals surface area contributed by atoms with Crippen molar-refractivity contribution in [1.82, 2.24) is 19.9 Å². The number of hydrogen-bond acceptors (Lipinski definition) is 7. The van der Waals surface area contributed by atoms with Crippen LogP contribution in [0, 0.1) is 11.6 Å². The minimum Gasteiger partial charge on any atom is -0.490 e. The van der Waals surface area contributed by atoms with Crippen molar-refractivity contribution < 1.29 is 13.5 Å². The molecule has 0 spiro atoms. The number of hydrogen-bond donors (Lipinski definition) is 1. The Balaban J connectivity index is 1.61. The highest BCUT2D eigenvalue weighted by molar-refractivity contribution is 5.55. The molecule has 3 heterocycles. The van der Waals surface area contributed by atoms with Crippen molar-refractivity contribution in [3.8, 4) is 17.4 Å². The van der Waals surface area contributed by atoms with Gasteiger partial charge in [0.2, 0.25) is 5.82 Å². The number of anilines is 1. The Kier molecular flexibility index (Phi) is 5.80. The Morgan fingerprint density at radius 1 is 1.17 bits per heavy atom. The molecule has 0 bridgehead atoms. The number of nitrogens with two attached hydrogens (primary N) is 1. The van der Waals surface area contributed by atoms with Crippen LogP contribution in [0.5, 0.6) is 5.75 Å². The van der Waals surface area contributed by atoms with Crippen LogP contribution in [-0.4, -0.2) is 39.6 Å². The SMILES string of the molecule is CC1c2cnc(-c3ncccn3)nc2CCN1c1cc(F)c(F)c(OCCCN)c1. The molecule has 0 radical (unpaired) electrons. The normalized spacial score (nSPS) is 15.7. The standard InChI is InChI=1S/C21H22F2N6O/c1-13-15-12-27-21(20-25-6-3-7-26-20)28-17(15)4-8-29(13)14-10-16(22)19(23)18(11-14)30-9-2-5-24/h3,6-7,10-13H,2,4-5,8-9,24H2,1H3. The Morgan fingerprint density at radius 3 is 2.73 bits per heavy atom. The molecule has 156 valence electrons. The van der Waals surface area contributed by atoms with E-state index in [1.54, 1.807) is 24.7 Å². The highest BCUT2D eigenvalue weighted by Crippen LogP contribution is 2.36. The van der Waals surface area contributed by atoms with E-state index in [1.807, 2.05) is 11.8 Å². The summed E-state index contributed by atoms with van der Waals surface area (Å²) in [7, 11) is 0. The van der Waals surface area contributed by atoms with Gasteiger partial charge in [-0.25, -0.2) is 24.3 Å². The van der Waals surface area contributed by atoms with Crippen molar-refractivity contribution in [3.63, 3.8) is 0 Å². The molecule has 1 aromatic carbocycles. The highest BCUT2D eigenvalue weighted by Gasteiger charge is 2.28. The van der Waals surface area contributed by atoms with E-state index in [1.165, 1.54) is 12.1 Å². The molecule has 0 aliphatic carbocycles. The summed E-state index contributed by atoms with van der Waals surface area (Å²) >= 11 is 0. The molecule has 0 amide bonds. The van der Waals surface area contributed by atoms with E-state index in [2.05, 4.69) is 19.9 Å². The Labute approximate surface area is 173 Å². The molecule has 0 saturated heterocycles. The first-order valence-corrected chi connectivity index (χ1v) is 9.80. The molecule has 1 aliphatic heterocycles. The van der Waals surface area contributed by atoms with Crippen molar-refractivity contribution in [2.75, 3.05) is 24.6 Å². The molecule has 9 heteroatoms. The Hall–Kier alpha value is -3.20. The molecule has 1 atom stereocenters. The van der Waals surface area contributed by atoms with Gasteiger partial charge in [-0.1, -0.05) is 0 Å². The summed E-state index contributed by atoms with van der Waals surface area (Å²) in [6.45, 7) is 3.22. The molecule has 7 nitrogen and oxygen atoms in total. The highest BCUT2D eigenvalue weighted by atomic mass is 19.2. The van der Waals surface area contributed by atoms with E-state index in [9.17, 15) is 8.78 Å². The van der Waals surface area contributed by atoms with Crippen LogP contribution in [0.1, 0.15) is 30.6 Å². The number of fused-ring (bicyclic) bond motifs is 1. The smallest absolute Gasteiger partial charge is 0.200 e. The zero-order valence-corrected chi connectivity index (χ0v) is 16.6. The van der Waals surface area contributed by atoms with Gasteiger partial charge in [-0.2, -0.15) is 4.39 Å². The predicted molar refractivity (Wildman–Crippen MR) is 108 cm³/mol. The fraction of sp³-hybridized carbons (Fsp3) is 0.333. The van der Waals surface area contributed by atoms with Crippen LogP contribution in [0.2, 0.25) is 0 Å². The summed E-state index contributed by atoms with van der Waals surface area (Å²) in [6.07, 6.45) is 6.23. The van der Waals surface area contributed by atoms with Gasteiger partial charge in [0, 0.05) is 54.9 Å². The van der Waals surface area contributed by atoms with Crippen LogP contribution in [-0.2, 0) is 6.42 Å². The maximum Gasteiger partial charge on any atom is 0.200 e. The van der Waals surface area contributed by atoms with Gasteiger partial charge in [-0.3, -0.25) is 0 Å². The topological polar surface area (TPSA) is 90.0 Å². The van der Waals surface area contributed by atoms with E-state index in [-0.39, 0.29) is 18.4 Å². The second-order valence-corrected chi connectivity index (χ2v) is 7.02. The van der Waals surface area contributed by atoms with Crippen LogP contribution in [0.4, 0.5) is 14.5 Å². The molecular weight excluding hydrogens is 390 g/mol. The zero-order valence-electron chi connectivity index (χ0n) is 16.6. The van der Waals surface area contributed by atoms with Crippen LogP contribution in [0.25, 0.3) is 11.6 Å². The summed E-state index contributed by atoms with van der Waals surface area (Å²) < 4.78 is 33.8. The molecular formula is C21H22F2N6O. The van der Waals surface area contributed by atoms with E-state index >= 15 is 0 Å². The number of benzene rings is 1. The zero-order chi connectivity index (χ0) is 21.1. The molecule has 0 fully saturated rings. The molecule has 1 unspecified atom stereocenters. The maximum atomic E-state index is 14.2. The molecule has 2 aromatic heterocycles. The quantitative estimate of drug-likeness (QED) is 0.622. The first-order chi connectivity index (χ1) is 14.6. The third-order valence-electron chi connectivity index (χ3n) is 5.09. The maximum absolute atomic E-state index is 14.2. The van der Waals surface area contributed by atoms with Crippen LogP contribution in [0.3, 0.4) is 0 Å². The average molecular weight is 412 g/mol. The van der Waals surface area contributed by atoms with Gasteiger partial charge in [-0.15, -0.1) is 0 Å². The summed E-state index contributed by atoms with van der Waals surface area (Å²) in [5, 5.41) is 0. The number of halogens is 2. The number of nitrogens with zero attached hydrogens (tertiary/aromatic N) is 5. The minimum atomic E-state index is -0.989. The van der Waals surface area contributed by atoms with Gasteiger partial charge in [0.1, 0.15) is 0 Å². The largest absolute Gasteiger partial charge is 0.490 e. The molecule has 2 N–H and O–H groups in total. The van der Waals surface area contributed by atoms with Gasteiger partial charge in [0.05, 0.1) is 18.3 Å². The second-order valence-electron chi connectivity index (χ2n) is 7.02. The van der Waals surface area contributed by atoms with Gasteiger partial charge < -0.3 is 15.4 Å². The predicted octanol–water partition coefficient (Wildman–Crippen LogP) is 3.06. The van der Waals surface area contributed by atoms with Crippen molar-refractivity contribution in [3.05, 3.63) is 59.7 Å². The number of ether oxygens (including phenoxy) is 1. The van der Waals surface area contributed by atoms with Crippen LogP contribution in [0.15, 0.2) is 36.8 Å². The molecule has 1 aliphatic rings. The van der Waals surface area contributed by atoms with E-state index < -0.39 is 11.6 Å². The second kappa shape index (κ2) is 8.66. The molecule has 4 rings (SSSR count). The third-order valence-corrected chi connectivity index (χ3v) is 5.09. The van der Waals surface area contributed by atoms with Crippen molar-refractivity contribution in [1.29, 1.82) is 0 Å². The first-order valence-electron chi connectivity index (χ1n) is 9.80. The van der Waals surface area contributed by atoms with E-state index in [0.29, 0.717) is 43.3 Å². The summed E-state index contributed by atoms with van der Waals surface area (Å²) in [5.74, 6) is -1.10. The van der Waals surface area contributed by atoms with E-state index in [4.69, 9.17) is 10.5 Å². The minimum absolute atomic E-state index is 0.107. The van der Waals surface area contributed by atoms with Gasteiger partial charge in [-0.05, 0) is 26.0 Å². The van der Waals surface area contributed by atoms with Gasteiger partial charge >= 0.3 is 0 Å². The average Bonchev–Trinajstić information content (AvgIpc) is 2.77. The number of aromatic nitrogens is 4. The Bertz CT molecular complexity index is 1030. The fourth-order valence-electron chi connectivity index (χ4n) is 3.53. The molecule has 3 aromatic rings. The molecule has 0 saturated carbocycles. The number of rotatable bonds is 6.